The molecular formula is C12H22N4O. The van der Waals surface area contributed by atoms with Crippen LogP contribution in [0.25, 0.3) is 0 Å². The molecule has 96 valence electrons. The lowest BCUT2D eigenvalue weighted by Crippen LogP contribution is -2.45. The topological polar surface area (TPSA) is 59.8 Å². The van der Waals surface area contributed by atoms with Gasteiger partial charge in [-0.3, -0.25) is 4.79 Å². The van der Waals surface area contributed by atoms with Crippen molar-refractivity contribution in [2.75, 3.05) is 7.05 Å². The van der Waals surface area contributed by atoms with E-state index in [4.69, 9.17) is 0 Å². The number of likely N-dealkylation sites (N-methyl/N-ethyl adjacent to an activating group) is 1. The third kappa shape index (κ3) is 3.63. The zero-order chi connectivity index (χ0) is 13.1. The average Bonchev–Trinajstić information content (AvgIpc) is 2.64. The first-order chi connectivity index (χ1) is 7.86. The van der Waals surface area contributed by atoms with Gasteiger partial charge in [0.2, 0.25) is 0 Å². The maximum atomic E-state index is 12.1. The lowest BCUT2D eigenvalue weighted by atomic mass is 9.97. The van der Waals surface area contributed by atoms with E-state index < -0.39 is 5.54 Å². The van der Waals surface area contributed by atoms with Crippen LogP contribution in [0.1, 0.15) is 33.5 Å². The Bertz CT molecular complexity index is 382. The van der Waals surface area contributed by atoms with Gasteiger partial charge < -0.3 is 5.32 Å². The van der Waals surface area contributed by atoms with Crippen LogP contribution in [0.5, 0.6) is 0 Å². The van der Waals surface area contributed by atoms with Crippen LogP contribution in [0.3, 0.4) is 0 Å². The fourth-order valence-electron chi connectivity index (χ4n) is 1.43. The number of hydrogen-bond acceptors (Lipinski definition) is 4. The molecular weight excluding hydrogens is 216 g/mol. The summed E-state index contributed by atoms with van der Waals surface area (Å²) in [4.78, 5) is 16.2. The Hall–Kier alpha value is -1.23. The van der Waals surface area contributed by atoms with Crippen LogP contribution in [0.15, 0.2) is 6.33 Å². The Morgan fingerprint density at radius 3 is 2.71 bits per heavy atom. The van der Waals surface area contributed by atoms with Gasteiger partial charge in [0.1, 0.15) is 12.2 Å². The molecule has 1 aromatic heterocycles. The number of nitrogens with zero attached hydrogens (tertiary/aromatic N) is 3. The summed E-state index contributed by atoms with van der Waals surface area (Å²) in [6.07, 6.45) is 1.83. The lowest BCUT2D eigenvalue weighted by molar-refractivity contribution is -0.123. The monoisotopic (exact) mass is 238 g/mol. The van der Waals surface area contributed by atoms with E-state index in [0.29, 0.717) is 12.3 Å². The molecule has 1 heterocycles. The molecule has 0 aromatic carbocycles. The molecule has 0 aliphatic carbocycles. The van der Waals surface area contributed by atoms with Crippen molar-refractivity contribution in [1.82, 2.24) is 20.1 Å². The van der Waals surface area contributed by atoms with Crippen LogP contribution in [0, 0.1) is 5.92 Å². The van der Waals surface area contributed by atoms with E-state index in [1.165, 1.54) is 6.33 Å². The number of aromatic nitrogens is 3. The van der Waals surface area contributed by atoms with E-state index >= 15 is 0 Å². The number of hydrogen-bond donors (Lipinski definition) is 1. The number of rotatable bonds is 6. The first-order valence-corrected chi connectivity index (χ1v) is 5.95. The molecule has 0 radical (unpaired) electrons. The minimum Gasteiger partial charge on any atom is -0.308 e. The predicted molar refractivity (Wildman–Crippen MR) is 66.7 cm³/mol. The Balaban J connectivity index is 2.75. The second-order valence-electron chi connectivity index (χ2n) is 5.23. The van der Waals surface area contributed by atoms with Crippen LogP contribution in [-0.4, -0.2) is 33.1 Å². The van der Waals surface area contributed by atoms with Crippen LogP contribution >= 0.6 is 0 Å². The van der Waals surface area contributed by atoms with Gasteiger partial charge in [0.15, 0.2) is 5.78 Å². The Labute approximate surface area is 103 Å². The summed E-state index contributed by atoms with van der Waals surface area (Å²) < 4.78 is 1.81. The Kier molecular flexibility index (Phi) is 4.40. The first-order valence-electron chi connectivity index (χ1n) is 5.95. The molecule has 0 fully saturated rings. The highest BCUT2D eigenvalue weighted by Crippen LogP contribution is 2.09. The number of nitrogens with one attached hydrogen (secondary N) is 1. The van der Waals surface area contributed by atoms with Crippen molar-refractivity contribution in [2.45, 2.75) is 46.2 Å². The Morgan fingerprint density at radius 1 is 1.53 bits per heavy atom. The van der Waals surface area contributed by atoms with E-state index in [1.54, 1.807) is 7.05 Å². The number of carbonyl (C=O) groups excluding carboxylic acids is 1. The zero-order valence-corrected chi connectivity index (χ0v) is 11.3. The van der Waals surface area contributed by atoms with E-state index in [2.05, 4.69) is 29.2 Å². The fourth-order valence-corrected chi connectivity index (χ4v) is 1.43. The normalized spacial score (nSPS) is 12.1. The van der Waals surface area contributed by atoms with Gasteiger partial charge in [-0.15, -0.1) is 0 Å². The number of Topliss-reactive ketones (excluding diaryl/α,β-unsaturated/α-hetero) is 1. The third-order valence-corrected chi connectivity index (χ3v) is 2.87. The van der Waals surface area contributed by atoms with Crippen molar-refractivity contribution in [3.8, 4) is 0 Å². The highest BCUT2D eigenvalue weighted by atomic mass is 16.1. The largest absolute Gasteiger partial charge is 0.308 e. The molecule has 0 spiro atoms. The SMILES string of the molecule is CNC(C)(C)C(=O)Cc1ncnn1CC(C)C. The molecule has 5 heteroatoms. The molecule has 1 aromatic rings. The summed E-state index contributed by atoms with van der Waals surface area (Å²) in [5.41, 5.74) is -0.519. The lowest BCUT2D eigenvalue weighted by Gasteiger charge is -2.22. The van der Waals surface area contributed by atoms with Crippen molar-refractivity contribution in [3.63, 3.8) is 0 Å². The van der Waals surface area contributed by atoms with E-state index in [1.807, 2.05) is 18.5 Å². The summed E-state index contributed by atoms with van der Waals surface area (Å²) in [6, 6.07) is 0. The maximum absolute atomic E-state index is 12.1. The summed E-state index contributed by atoms with van der Waals surface area (Å²) in [6.45, 7) is 8.77. The Morgan fingerprint density at radius 2 is 2.18 bits per heavy atom. The molecule has 0 bridgehead atoms. The van der Waals surface area contributed by atoms with Gasteiger partial charge in [-0.1, -0.05) is 13.8 Å². The van der Waals surface area contributed by atoms with Gasteiger partial charge in [-0.2, -0.15) is 5.10 Å². The average molecular weight is 238 g/mol. The molecule has 5 nitrogen and oxygen atoms in total. The summed E-state index contributed by atoms with van der Waals surface area (Å²) >= 11 is 0. The number of carbonyl (C=O) groups is 1. The van der Waals surface area contributed by atoms with Gasteiger partial charge in [-0.25, -0.2) is 9.67 Å². The van der Waals surface area contributed by atoms with Crippen molar-refractivity contribution in [3.05, 3.63) is 12.2 Å². The van der Waals surface area contributed by atoms with E-state index in [0.717, 1.165) is 12.4 Å². The zero-order valence-electron chi connectivity index (χ0n) is 11.3. The van der Waals surface area contributed by atoms with Crippen molar-refractivity contribution >= 4 is 5.78 Å². The summed E-state index contributed by atoms with van der Waals surface area (Å²) in [5.74, 6) is 1.35. The minimum absolute atomic E-state index is 0.123. The molecule has 0 aliphatic rings. The molecule has 1 rings (SSSR count). The molecule has 0 unspecified atom stereocenters. The second-order valence-corrected chi connectivity index (χ2v) is 5.23. The van der Waals surface area contributed by atoms with Gasteiger partial charge in [0.25, 0.3) is 0 Å². The second kappa shape index (κ2) is 5.40. The fraction of sp³-hybridized carbons (Fsp3) is 0.750. The molecule has 0 aliphatic heterocycles. The van der Waals surface area contributed by atoms with Crippen molar-refractivity contribution in [2.24, 2.45) is 5.92 Å². The highest BCUT2D eigenvalue weighted by molar-refractivity contribution is 5.88. The molecule has 1 N–H and O–H groups in total. The molecule has 17 heavy (non-hydrogen) atoms. The van der Waals surface area contributed by atoms with Crippen molar-refractivity contribution in [1.29, 1.82) is 0 Å². The molecule has 0 amide bonds. The molecule has 0 atom stereocenters. The van der Waals surface area contributed by atoms with Crippen LogP contribution in [0.4, 0.5) is 0 Å². The minimum atomic E-state index is -0.519. The van der Waals surface area contributed by atoms with Gasteiger partial charge in [-0.05, 0) is 26.8 Å². The number of ketones is 1. The first kappa shape index (κ1) is 13.8. The van der Waals surface area contributed by atoms with Crippen molar-refractivity contribution < 1.29 is 4.79 Å². The molecule has 0 saturated carbocycles. The maximum Gasteiger partial charge on any atom is 0.159 e. The summed E-state index contributed by atoms with van der Waals surface area (Å²) in [5, 5.41) is 7.16. The van der Waals surface area contributed by atoms with Crippen LogP contribution < -0.4 is 5.32 Å². The predicted octanol–water partition coefficient (Wildman–Crippen LogP) is 1.04. The van der Waals surface area contributed by atoms with Crippen LogP contribution in [0.2, 0.25) is 0 Å². The standard InChI is InChI=1S/C12H22N4O/c1-9(2)7-16-11(14-8-15-16)6-10(17)12(3,4)13-5/h8-9,13H,6-7H2,1-5H3. The van der Waals surface area contributed by atoms with Gasteiger partial charge in [0.05, 0.1) is 12.0 Å². The van der Waals surface area contributed by atoms with Gasteiger partial charge in [0, 0.05) is 6.54 Å². The smallest absolute Gasteiger partial charge is 0.159 e. The third-order valence-electron chi connectivity index (χ3n) is 2.87. The highest BCUT2D eigenvalue weighted by Gasteiger charge is 2.26. The van der Waals surface area contributed by atoms with E-state index in [9.17, 15) is 4.79 Å². The quantitative estimate of drug-likeness (QED) is 0.804. The molecule has 0 saturated heterocycles. The van der Waals surface area contributed by atoms with Crippen LogP contribution in [-0.2, 0) is 17.8 Å². The van der Waals surface area contributed by atoms with E-state index in [-0.39, 0.29) is 5.78 Å². The van der Waals surface area contributed by atoms with Gasteiger partial charge >= 0.3 is 0 Å². The summed E-state index contributed by atoms with van der Waals surface area (Å²) in [7, 11) is 1.79.